The maximum atomic E-state index is 13.5. The van der Waals surface area contributed by atoms with Gasteiger partial charge in [-0.1, -0.05) is 35.5 Å². The number of aryl methyl sites for hydroxylation is 1. The van der Waals surface area contributed by atoms with Crippen LogP contribution in [0, 0.1) is 6.92 Å². The molecule has 34 heavy (non-hydrogen) atoms. The first-order chi connectivity index (χ1) is 16.6. The average molecular weight is 455 g/mol. The highest BCUT2D eigenvalue weighted by atomic mass is 16.5. The van der Waals surface area contributed by atoms with Crippen LogP contribution < -0.4 is 9.80 Å². The molecule has 8 nitrogen and oxygen atoms in total. The fourth-order valence-corrected chi connectivity index (χ4v) is 4.65. The van der Waals surface area contributed by atoms with Gasteiger partial charge in [0.15, 0.2) is 11.6 Å². The van der Waals surface area contributed by atoms with Gasteiger partial charge in [0, 0.05) is 31.1 Å². The van der Waals surface area contributed by atoms with E-state index in [1.54, 1.807) is 0 Å². The van der Waals surface area contributed by atoms with Crippen LogP contribution in [0.25, 0.3) is 10.9 Å². The Morgan fingerprint density at radius 1 is 1.09 bits per heavy atom. The van der Waals surface area contributed by atoms with E-state index in [0.29, 0.717) is 31.5 Å². The van der Waals surface area contributed by atoms with Crippen LogP contribution in [0.15, 0.2) is 59.1 Å². The molecule has 2 aliphatic rings. The van der Waals surface area contributed by atoms with E-state index < -0.39 is 0 Å². The summed E-state index contributed by atoms with van der Waals surface area (Å²) < 4.78 is 5.42. The Bertz CT molecular complexity index is 1380. The van der Waals surface area contributed by atoms with E-state index in [4.69, 9.17) is 14.5 Å². The average Bonchev–Trinajstić information content (AvgIpc) is 3.61. The van der Waals surface area contributed by atoms with Crippen molar-refractivity contribution in [2.45, 2.75) is 45.4 Å². The van der Waals surface area contributed by atoms with Crippen molar-refractivity contribution in [3.63, 3.8) is 0 Å². The minimum absolute atomic E-state index is 0.0324. The van der Waals surface area contributed by atoms with E-state index in [9.17, 15) is 4.79 Å². The summed E-state index contributed by atoms with van der Waals surface area (Å²) in [7, 11) is 1.98. The number of hydrogen-bond donors (Lipinski definition) is 0. The summed E-state index contributed by atoms with van der Waals surface area (Å²) in [6.45, 7) is 3.41. The highest BCUT2D eigenvalue weighted by Crippen LogP contribution is 2.37. The number of urea groups is 1. The Labute approximate surface area is 197 Å². The first kappa shape index (κ1) is 20.7. The highest BCUT2D eigenvalue weighted by Gasteiger charge is 2.39. The van der Waals surface area contributed by atoms with Crippen molar-refractivity contribution >= 4 is 28.4 Å². The van der Waals surface area contributed by atoms with Crippen molar-refractivity contribution < 1.29 is 9.32 Å². The minimum Gasteiger partial charge on any atom is -0.359 e. The normalized spacial score (nSPS) is 15.6. The summed E-state index contributed by atoms with van der Waals surface area (Å²) in [4.78, 5) is 29.1. The quantitative estimate of drug-likeness (QED) is 0.421. The van der Waals surface area contributed by atoms with Gasteiger partial charge >= 0.3 is 6.03 Å². The summed E-state index contributed by atoms with van der Waals surface area (Å²) in [6, 6.07) is 18.4. The first-order valence-electron chi connectivity index (χ1n) is 11.6. The van der Waals surface area contributed by atoms with Crippen molar-refractivity contribution in [3.8, 4) is 0 Å². The molecule has 172 valence electrons. The molecule has 0 saturated heterocycles. The van der Waals surface area contributed by atoms with E-state index >= 15 is 0 Å². The number of carbonyl (C=O) groups excluding carboxylic acids is 1. The van der Waals surface area contributed by atoms with Crippen LogP contribution in [0.3, 0.4) is 0 Å². The zero-order chi connectivity index (χ0) is 23.2. The van der Waals surface area contributed by atoms with E-state index in [2.05, 4.69) is 11.2 Å². The lowest BCUT2D eigenvalue weighted by Crippen LogP contribution is -2.48. The van der Waals surface area contributed by atoms with Gasteiger partial charge < -0.3 is 14.3 Å². The lowest BCUT2D eigenvalue weighted by Gasteiger charge is -2.37. The predicted octanol–water partition coefficient (Wildman–Crippen LogP) is 4.67. The van der Waals surface area contributed by atoms with Gasteiger partial charge in [0.2, 0.25) is 0 Å². The largest absolute Gasteiger partial charge is 0.359 e. The topological polar surface area (TPSA) is 78.6 Å². The van der Waals surface area contributed by atoms with Crippen molar-refractivity contribution in [1.29, 1.82) is 0 Å². The molecule has 2 amide bonds. The van der Waals surface area contributed by atoms with Crippen LogP contribution in [0.5, 0.6) is 0 Å². The van der Waals surface area contributed by atoms with E-state index in [0.717, 1.165) is 52.3 Å². The number of aromatic nitrogens is 3. The summed E-state index contributed by atoms with van der Waals surface area (Å²) in [5.74, 6) is 2.17. The molecule has 0 bridgehead atoms. The number of hydrogen-bond acceptors (Lipinski definition) is 6. The zero-order valence-electron chi connectivity index (χ0n) is 19.3. The third kappa shape index (κ3) is 3.75. The third-order valence-electron chi connectivity index (χ3n) is 6.45. The molecule has 6 rings (SSSR count). The van der Waals surface area contributed by atoms with Crippen LogP contribution in [0.4, 0.5) is 16.3 Å². The van der Waals surface area contributed by atoms with Gasteiger partial charge in [-0.25, -0.2) is 14.8 Å². The molecule has 0 unspecified atom stereocenters. The number of benzene rings is 2. The van der Waals surface area contributed by atoms with Crippen molar-refractivity contribution in [2.24, 2.45) is 0 Å². The summed E-state index contributed by atoms with van der Waals surface area (Å²) >= 11 is 0. The van der Waals surface area contributed by atoms with Gasteiger partial charge in [0.05, 0.1) is 30.0 Å². The molecule has 2 aromatic heterocycles. The second-order valence-electron chi connectivity index (χ2n) is 9.13. The molecule has 1 saturated carbocycles. The molecule has 2 aromatic carbocycles. The van der Waals surface area contributed by atoms with E-state index in [-0.39, 0.29) is 6.03 Å². The number of nitrogens with zero attached hydrogens (tertiary/aromatic N) is 6. The molecular formula is C26H26N6O2. The Balaban J connectivity index is 1.37. The smallest absolute Gasteiger partial charge is 0.325 e. The molecule has 0 spiro atoms. The first-order valence-corrected chi connectivity index (χ1v) is 11.6. The fraction of sp³-hybridized carbons (Fsp3) is 0.308. The van der Waals surface area contributed by atoms with Crippen LogP contribution in [-0.2, 0) is 19.6 Å². The highest BCUT2D eigenvalue weighted by molar-refractivity contribution is 5.95. The van der Waals surface area contributed by atoms with Gasteiger partial charge in [-0.2, -0.15) is 0 Å². The second kappa shape index (κ2) is 8.13. The molecule has 0 N–H and O–H groups in total. The lowest BCUT2D eigenvalue weighted by molar-refractivity contribution is 0.194. The molecule has 1 aliphatic heterocycles. The molecule has 8 heteroatoms. The fourth-order valence-electron chi connectivity index (χ4n) is 4.65. The molecule has 0 radical (unpaired) electrons. The number of carbonyl (C=O) groups is 1. The maximum Gasteiger partial charge on any atom is 0.325 e. The summed E-state index contributed by atoms with van der Waals surface area (Å²) in [5, 5.41) is 4.95. The Hall–Kier alpha value is -3.94. The van der Waals surface area contributed by atoms with Crippen LogP contribution in [-0.4, -0.2) is 39.1 Å². The summed E-state index contributed by atoms with van der Waals surface area (Å²) in [6.07, 6.45) is 2.15. The summed E-state index contributed by atoms with van der Waals surface area (Å²) in [5.41, 5.74) is 3.79. The molecule has 3 heterocycles. The third-order valence-corrected chi connectivity index (χ3v) is 6.45. The van der Waals surface area contributed by atoms with Crippen molar-refractivity contribution in [1.82, 2.24) is 20.0 Å². The number of fused-ring (bicyclic) bond motifs is 2. The van der Waals surface area contributed by atoms with E-state index in [1.807, 2.05) is 77.2 Å². The Kier molecular flexibility index (Phi) is 4.94. The van der Waals surface area contributed by atoms with Crippen molar-refractivity contribution in [3.05, 3.63) is 77.4 Å². The van der Waals surface area contributed by atoms with Gasteiger partial charge in [-0.15, -0.1) is 0 Å². The van der Waals surface area contributed by atoms with Gasteiger partial charge in [-0.3, -0.25) is 4.90 Å². The molecule has 1 aliphatic carbocycles. The monoisotopic (exact) mass is 454 g/mol. The zero-order valence-corrected chi connectivity index (χ0v) is 19.3. The molecular weight excluding hydrogens is 428 g/mol. The van der Waals surface area contributed by atoms with Crippen LogP contribution >= 0.6 is 0 Å². The lowest BCUT2D eigenvalue weighted by atomic mass is 10.1. The van der Waals surface area contributed by atoms with Crippen LogP contribution in [0.2, 0.25) is 0 Å². The number of anilines is 2. The predicted molar refractivity (Wildman–Crippen MR) is 129 cm³/mol. The SMILES string of the molecule is Cc1cc(CN(C)c2nc(CN3C(=O)N(C4CC4)Cc4ccccc43)nc3ccccc23)on1. The van der Waals surface area contributed by atoms with E-state index in [1.165, 1.54) is 0 Å². The molecule has 0 atom stereocenters. The number of para-hydroxylation sites is 2. The maximum absolute atomic E-state index is 13.5. The van der Waals surface area contributed by atoms with Crippen molar-refractivity contribution in [2.75, 3.05) is 16.8 Å². The Morgan fingerprint density at radius 2 is 1.88 bits per heavy atom. The van der Waals surface area contributed by atoms with Gasteiger partial charge in [-0.05, 0) is 43.5 Å². The molecule has 1 fully saturated rings. The minimum atomic E-state index is 0.0324. The Morgan fingerprint density at radius 3 is 2.68 bits per heavy atom. The van der Waals surface area contributed by atoms with Crippen LogP contribution in [0.1, 0.15) is 35.7 Å². The number of amides is 2. The standard InChI is InChI=1S/C26H26N6O2/c1-17-13-20(34-29-17)15-30(2)25-21-8-4-5-9-22(21)27-24(28-25)16-32-23-10-6-3-7-18(23)14-31(26(32)33)19-11-12-19/h3-10,13,19H,11-12,14-16H2,1-2H3. The molecule has 4 aromatic rings. The van der Waals surface area contributed by atoms with Gasteiger partial charge in [0.1, 0.15) is 5.82 Å². The van der Waals surface area contributed by atoms with Gasteiger partial charge in [0.25, 0.3) is 0 Å². The number of rotatable bonds is 6. The second-order valence-corrected chi connectivity index (χ2v) is 9.13.